The van der Waals surface area contributed by atoms with Gasteiger partial charge < -0.3 is 9.84 Å². The molecule has 0 unspecified atom stereocenters. The molecule has 4 heteroatoms. The van der Waals surface area contributed by atoms with Crippen LogP contribution in [0, 0.1) is 0 Å². The van der Waals surface area contributed by atoms with E-state index in [9.17, 15) is 9.59 Å². The van der Waals surface area contributed by atoms with E-state index in [0.29, 0.717) is 12.2 Å². The lowest BCUT2D eigenvalue weighted by atomic mass is 9.88. The lowest BCUT2D eigenvalue weighted by Crippen LogP contribution is -2.05. The third-order valence-electron chi connectivity index (χ3n) is 5.06. The highest BCUT2D eigenvalue weighted by Gasteiger charge is 2.13. The van der Waals surface area contributed by atoms with Crippen LogP contribution < -0.4 is 4.74 Å². The Balaban J connectivity index is 2.09. The zero-order valence-electron chi connectivity index (χ0n) is 18.2. The molecule has 3 aromatic rings. The quantitative estimate of drug-likeness (QED) is 0.194. The maximum atomic E-state index is 11.6. The summed E-state index contributed by atoms with van der Waals surface area (Å²) in [5.74, 6) is -0.722. The second kappa shape index (κ2) is 10.9. The predicted molar refractivity (Wildman–Crippen MR) is 128 cm³/mol. The zero-order chi connectivity index (χ0) is 22.9. The Morgan fingerprint density at radius 3 is 1.91 bits per heavy atom. The number of carbonyl (C=O) groups excluding carboxylic acids is 1. The van der Waals surface area contributed by atoms with E-state index in [-0.39, 0.29) is 5.97 Å². The standard InChI is InChI=1S/C28H26O4/c1-3-25(21-8-6-5-7-9-21)28(22-13-10-20(11-14-22)12-19-26(29)30)23-15-17-24(18-16-23)32-27(31)4-2/h5-19H,3-4H2,1-2H3,(H,29,30)/b19-12+,28-25-. The first-order valence-electron chi connectivity index (χ1n) is 10.6. The number of esters is 1. The summed E-state index contributed by atoms with van der Waals surface area (Å²) in [5.41, 5.74) is 6.27. The van der Waals surface area contributed by atoms with E-state index in [1.807, 2.05) is 66.7 Å². The monoisotopic (exact) mass is 426 g/mol. The highest BCUT2D eigenvalue weighted by Crippen LogP contribution is 2.35. The molecule has 0 saturated heterocycles. The summed E-state index contributed by atoms with van der Waals surface area (Å²) in [6, 6.07) is 25.6. The van der Waals surface area contributed by atoms with Gasteiger partial charge in [0.05, 0.1) is 0 Å². The minimum absolute atomic E-state index is 0.267. The van der Waals surface area contributed by atoms with Crippen molar-refractivity contribution in [2.75, 3.05) is 0 Å². The number of rotatable bonds is 8. The summed E-state index contributed by atoms with van der Waals surface area (Å²) >= 11 is 0. The number of carboxylic acid groups (broad SMARTS) is 1. The first-order valence-corrected chi connectivity index (χ1v) is 10.6. The van der Waals surface area contributed by atoms with Crippen LogP contribution >= 0.6 is 0 Å². The average Bonchev–Trinajstić information content (AvgIpc) is 2.82. The minimum Gasteiger partial charge on any atom is -0.478 e. The average molecular weight is 427 g/mol. The summed E-state index contributed by atoms with van der Waals surface area (Å²) in [5, 5.41) is 8.86. The molecule has 0 spiro atoms. The van der Waals surface area contributed by atoms with E-state index >= 15 is 0 Å². The summed E-state index contributed by atoms with van der Waals surface area (Å²) in [6.07, 6.45) is 3.85. The molecule has 0 fully saturated rings. The first kappa shape index (κ1) is 22.8. The fraction of sp³-hybridized carbons (Fsp3) is 0.143. The van der Waals surface area contributed by atoms with Crippen LogP contribution in [-0.4, -0.2) is 17.0 Å². The highest BCUT2D eigenvalue weighted by atomic mass is 16.5. The predicted octanol–water partition coefficient (Wildman–Crippen LogP) is 6.47. The topological polar surface area (TPSA) is 63.6 Å². The molecule has 0 bridgehead atoms. The molecule has 162 valence electrons. The lowest BCUT2D eigenvalue weighted by molar-refractivity contribution is -0.134. The van der Waals surface area contributed by atoms with E-state index in [1.165, 1.54) is 5.57 Å². The van der Waals surface area contributed by atoms with E-state index in [1.54, 1.807) is 13.0 Å². The molecule has 0 aromatic heterocycles. The fourth-order valence-electron chi connectivity index (χ4n) is 3.50. The van der Waals surface area contributed by atoms with E-state index in [0.717, 1.165) is 40.3 Å². The van der Waals surface area contributed by atoms with Crippen LogP contribution in [0.2, 0.25) is 0 Å². The zero-order valence-corrected chi connectivity index (χ0v) is 18.2. The van der Waals surface area contributed by atoms with Crippen LogP contribution in [0.15, 0.2) is 84.9 Å². The van der Waals surface area contributed by atoms with E-state index in [4.69, 9.17) is 9.84 Å². The van der Waals surface area contributed by atoms with Gasteiger partial charge in [0.25, 0.3) is 0 Å². The van der Waals surface area contributed by atoms with Crippen molar-refractivity contribution in [3.8, 4) is 5.75 Å². The van der Waals surface area contributed by atoms with Crippen molar-refractivity contribution >= 4 is 29.2 Å². The minimum atomic E-state index is -0.976. The van der Waals surface area contributed by atoms with Crippen LogP contribution in [0.1, 0.15) is 48.9 Å². The Morgan fingerprint density at radius 1 is 0.781 bits per heavy atom. The summed E-state index contributed by atoms with van der Waals surface area (Å²) < 4.78 is 5.33. The van der Waals surface area contributed by atoms with Gasteiger partial charge in [0.2, 0.25) is 0 Å². The number of allylic oxidation sites excluding steroid dienone is 1. The van der Waals surface area contributed by atoms with Crippen molar-refractivity contribution in [1.29, 1.82) is 0 Å². The van der Waals surface area contributed by atoms with Crippen LogP contribution in [0.4, 0.5) is 0 Å². The molecular weight excluding hydrogens is 400 g/mol. The van der Waals surface area contributed by atoms with Crippen molar-refractivity contribution in [3.05, 3.63) is 107 Å². The van der Waals surface area contributed by atoms with Gasteiger partial charge in [0.15, 0.2) is 0 Å². The molecule has 1 N–H and O–H groups in total. The van der Waals surface area contributed by atoms with E-state index in [2.05, 4.69) is 19.1 Å². The van der Waals surface area contributed by atoms with Gasteiger partial charge in [-0.05, 0) is 58.0 Å². The normalized spacial score (nSPS) is 11.8. The summed E-state index contributed by atoms with van der Waals surface area (Å²) in [7, 11) is 0. The second-order valence-corrected chi connectivity index (χ2v) is 7.22. The number of carboxylic acids is 1. The fourth-order valence-corrected chi connectivity index (χ4v) is 3.50. The SMILES string of the molecule is CCC(=O)Oc1ccc(/C(=C(/CC)c2ccccc2)c2ccc(/C=C/C(=O)O)cc2)cc1. The third-order valence-corrected chi connectivity index (χ3v) is 5.06. The Labute approximate surface area is 188 Å². The van der Waals surface area contributed by atoms with Crippen LogP contribution in [0.3, 0.4) is 0 Å². The van der Waals surface area contributed by atoms with Gasteiger partial charge in [-0.15, -0.1) is 0 Å². The molecule has 32 heavy (non-hydrogen) atoms. The van der Waals surface area contributed by atoms with Gasteiger partial charge in [-0.3, -0.25) is 4.79 Å². The van der Waals surface area contributed by atoms with Crippen LogP contribution in [0.5, 0.6) is 5.75 Å². The number of ether oxygens (including phenoxy) is 1. The van der Waals surface area contributed by atoms with Crippen LogP contribution in [-0.2, 0) is 9.59 Å². The largest absolute Gasteiger partial charge is 0.478 e. The highest BCUT2D eigenvalue weighted by molar-refractivity contribution is 5.98. The van der Waals surface area contributed by atoms with Gasteiger partial charge in [-0.25, -0.2) is 4.79 Å². The Kier molecular flexibility index (Phi) is 7.76. The maximum Gasteiger partial charge on any atom is 0.328 e. The number of hydrogen-bond donors (Lipinski definition) is 1. The molecule has 0 aliphatic heterocycles. The molecule has 0 atom stereocenters. The Bertz CT molecular complexity index is 1120. The molecule has 0 amide bonds. The number of hydrogen-bond acceptors (Lipinski definition) is 3. The van der Waals surface area contributed by atoms with Gasteiger partial charge in [-0.1, -0.05) is 80.6 Å². The molecular formula is C28H26O4. The van der Waals surface area contributed by atoms with Gasteiger partial charge >= 0.3 is 11.9 Å². The van der Waals surface area contributed by atoms with Crippen LogP contribution in [0.25, 0.3) is 17.2 Å². The van der Waals surface area contributed by atoms with Crippen molar-refractivity contribution in [2.24, 2.45) is 0 Å². The third kappa shape index (κ3) is 5.82. The molecule has 3 rings (SSSR count). The molecule has 0 saturated carbocycles. The molecule has 0 aliphatic carbocycles. The number of aliphatic carboxylic acids is 1. The molecule has 3 aromatic carbocycles. The van der Waals surface area contributed by atoms with Gasteiger partial charge in [0.1, 0.15) is 5.75 Å². The van der Waals surface area contributed by atoms with Crippen molar-refractivity contribution < 1.29 is 19.4 Å². The molecule has 4 nitrogen and oxygen atoms in total. The number of carbonyl (C=O) groups is 2. The van der Waals surface area contributed by atoms with Crippen molar-refractivity contribution in [1.82, 2.24) is 0 Å². The molecule has 0 radical (unpaired) electrons. The lowest BCUT2D eigenvalue weighted by Gasteiger charge is -2.17. The van der Waals surface area contributed by atoms with Gasteiger partial charge in [0, 0.05) is 12.5 Å². The van der Waals surface area contributed by atoms with Gasteiger partial charge in [-0.2, -0.15) is 0 Å². The molecule has 0 heterocycles. The van der Waals surface area contributed by atoms with Crippen molar-refractivity contribution in [3.63, 3.8) is 0 Å². The van der Waals surface area contributed by atoms with Crippen molar-refractivity contribution in [2.45, 2.75) is 26.7 Å². The molecule has 0 aliphatic rings. The number of benzene rings is 3. The second-order valence-electron chi connectivity index (χ2n) is 7.22. The summed E-state index contributed by atoms with van der Waals surface area (Å²) in [6.45, 7) is 3.89. The Morgan fingerprint density at radius 2 is 1.38 bits per heavy atom. The Hall–Kier alpha value is -3.92. The van der Waals surface area contributed by atoms with E-state index < -0.39 is 5.97 Å². The first-order chi connectivity index (χ1) is 15.5. The summed E-state index contributed by atoms with van der Waals surface area (Å²) in [4.78, 5) is 22.4. The maximum absolute atomic E-state index is 11.6. The smallest absolute Gasteiger partial charge is 0.328 e.